The number of benzene rings is 1. The third-order valence-corrected chi connectivity index (χ3v) is 7.77. The molecule has 0 radical (unpaired) electrons. The van der Waals surface area contributed by atoms with E-state index in [1.807, 2.05) is 17.0 Å². The Balaban J connectivity index is 1.06. The standard InChI is InChI=1S/C25H37N5O3/c31-24(29-14-12-28(13-15-29)22-2-1-3-22)20-26-8-10-27(11-9-26)23-6-4-21(5-7-23)25(32)30-16-18-33-19-17-30/h4-7,22H,1-3,8-20H2. The molecule has 1 aromatic carbocycles. The van der Waals surface area contributed by atoms with E-state index in [2.05, 4.69) is 31.7 Å². The molecule has 8 nitrogen and oxygen atoms in total. The number of anilines is 1. The fourth-order valence-electron chi connectivity index (χ4n) is 5.31. The largest absolute Gasteiger partial charge is 0.378 e. The Morgan fingerprint density at radius 1 is 0.788 bits per heavy atom. The van der Waals surface area contributed by atoms with Crippen molar-refractivity contribution >= 4 is 17.5 Å². The fraction of sp³-hybridized carbons (Fsp3) is 0.680. The highest BCUT2D eigenvalue weighted by Crippen LogP contribution is 2.25. The topological polar surface area (TPSA) is 59.6 Å². The van der Waals surface area contributed by atoms with E-state index in [1.54, 1.807) is 0 Å². The Kier molecular flexibility index (Phi) is 7.13. The first-order chi connectivity index (χ1) is 16.2. The molecule has 0 bridgehead atoms. The molecule has 8 heteroatoms. The summed E-state index contributed by atoms with van der Waals surface area (Å²) in [5.41, 5.74) is 1.88. The van der Waals surface area contributed by atoms with E-state index >= 15 is 0 Å². The normalized spacial score (nSPS) is 23.5. The number of ether oxygens (including phenoxy) is 1. The van der Waals surface area contributed by atoms with Gasteiger partial charge >= 0.3 is 0 Å². The number of piperazine rings is 2. The summed E-state index contributed by atoms with van der Waals surface area (Å²) in [6, 6.07) is 8.76. The number of morpholine rings is 1. The monoisotopic (exact) mass is 455 g/mol. The summed E-state index contributed by atoms with van der Waals surface area (Å²) in [5, 5.41) is 0. The third kappa shape index (κ3) is 5.34. The predicted octanol–water partition coefficient (Wildman–Crippen LogP) is 0.978. The minimum absolute atomic E-state index is 0.0849. The second-order valence-corrected chi connectivity index (χ2v) is 9.72. The zero-order chi connectivity index (χ0) is 22.6. The first-order valence-corrected chi connectivity index (χ1v) is 12.6. The molecule has 1 saturated carbocycles. The first-order valence-electron chi connectivity index (χ1n) is 12.6. The van der Waals surface area contributed by atoms with Crippen molar-refractivity contribution in [3.63, 3.8) is 0 Å². The van der Waals surface area contributed by atoms with Crippen LogP contribution in [0.5, 0.6) is 0 Å². The van der Waals surface area contributed by atoms with Crippen LogP contribution in [0.15, 0.2) is 24.3 Å². The smallest absolute Gasteiger partial charge is 0.254 e. The van der Waals surface area contributed by atoms with Gasteiger partial charge in [0.1, 0.15) is 0 Å². The van der Waals surface area contributed by atoms with E-state index in [0.29, 0.717) is 32.8 Å². The number of nitrogens with zero attached hydrogens (tertiary/aromatic N) is 5. The summed E-state index contributed by atoms with van der Waals surface area (Å²) in [6.07, 6.45) is 4.04. The van der Waals surface area contributed by atoms with Gasteiger partial charge in [0.05, 0.1) is 19.8 Å². The van der Waals surface area contributed by atoms with Crippen molar-refractivity contribution in [2.45, 2.75) is 25.3 Å². The van der Waals surface area contributed by atoms with E-state index in [1.165, 1.54) is 19.3 Å². The van der Waals surface area contributed by atoms with Crippen LogP contribution in [-0.2, 0) is 9.53 Å². The maximum Gasteiger partial charge on any atom is 0.254 e. The summed E-state index contributed by atoms with van der Waals surface area (Å²) < 4.78 is 5.34. The lowest BCUT2D eigenvalue weighted by Crippen LogP contribution is -2.56. The molecule has 0 unspecified atom stereocenters. The second-order valence-electron chi connectivity index (χ2n) is 9.72. The molecule has 0 N–H and O–H groups in total. The van der Waals surface area contributed by atoms with Crippen LogP contribution in [0, 0.1) is 0 Å². The molecular weight excluding hydrogens is 418 g/mol. The Morgan fingerprint density at radius 3 is 2.06 bits per heavy atom. The number of carbonyl (C=O) groups excluding carboxylic acids is 2. The van der Waals surface area contributed by atoms with Crippen molar-refractivity contribution in [2.24, 2.45) is 0 Å². The average molecular weight is 456 g/mol. The fourth-order valence-corrected chi connectivity index (χ4v) is 5.31. The summed E-state index contributed by atoms with van der Waals surface area (Å²) in [7, 11) is 0. The number of amides is 2. The lowest BCUT2D eigenvalue weighted by Gasteiger charge is -2.43. The van der Waals surface area contributed by atoms with Crippen molar-refractivity contribution in [3.8, 4) is 0 Å². The van der Waals surface area contributed by atoms with Gasteiger partial charge in [-0.1, -0.05) is 6.42 Å². The molecule has 180 valence electrons. The van der Waals surface area contributed by atoms with Gasteiger partial charge in [-0.25, -0.2) is 0 Å². The van der Waals surface area contributed by atoms with E-state index < -0.39 is 0 Å². The van der Waals surface area contributed by atoms with E-state index in [-0.39, 0.29) is 11.8 Å². The van der Waals surface area contributed by atoms with Gasteiger partial charge in [-0.3, -0.25) is 19.4 Å². The van der Waals surface area contributed by atoms with Crippen LogP contribution >= 0.6 is 0 Å². The predicted molar refractivity (Wildman–Crippen MR) is 128 cm³/mol. The molecule has 0 aromatic heterocycles. The lowest BCUT2D eigenvalue weighted by molar-refractivity contribution is -0.134. The Morgan fingerprint density at radius 2 is 1.45 bits per heavy atom. The minimum Gasteiger partial charge on any atom is -0.378 e. The lowest BCUT2D eigenvalue weighted by atomic mass is 9.91. The van der Waals surface area contributed by atoms with Gasteiger partial charge in [-0.2, -0.15) is 0 Å². The molecule has 3 heterocycles. The molecule has 3 aliphatic heterocycles. The van der Waals surface area contributed by atoms with E-state index in [4.69, 9.17) is 4.74 Å². The van der Waals surface area contributed by atoms with Crippen LogP contribution in [0.25, 0.3) is 0 Å². The summed E-state index contributed by atoms with van der Waals surface area (Å²) >= 11 is 0. The van der Waals surface area contributed by atoms with Crippen molar-refractivity contribution in [1.82, 2.24) is 19.6 Å². The van der Waals surface area contributed by atoms with Crippen molar-refractivity contribution in [2.75, 3.05) is 90.1 Å². The van der Waals surface area contributed by atoms with Crippen LogP contribution in [0.1, 0.15) is 29.6 Å². The molecule has 33 heavy (non-hydrogen) atoms. The highest BCUT2D eigenvalue weighted by atomic mass is 16.5. The number of rotatable bonds is 5. The van der Waals surface area contributed by atoms with Gasteiger partial charge in [0.2, 0.25) is 5.91 Å². The summed E-state index contributed by atoms with van der Waals surface area (Å²) in [4.78, 5) is 36.6. The van der Waals surface area contributed by atoms with Crippen molar-refractivity contribution < 1.29 is 14.3 Å². The molecule has 1 aromatic rings. The highest BCUT2D eigenvalue weighted by molar-refractivity contribution is 5.94. The van der Waals surface area contributed by atoms with Gasteiger partial charge < -0.3 is 19.4 Å². The SMILES string of the molecule is O=C(CN1CCN(c2ccc(C(=O)N3CCOCC3)cc2)CC1)N1CCN(C2CCC2)CC1. The van der Waals surface area contributed by atoms with Gasteiger partial charge in [-0.05, 0) is 37.1 Å². The Hall–Kier alpha value is -2.16. The van der Waals surface area contributed by atoms with Gasteiger partial charge in [0.15, 0.2) is 0 Å². The molecule has 3 saturated heterocycles. The first kappa shape index (κ1) is 22.6. The number of hydrogen-bond donors (Lipinski definition) is 0. The highest BCUT2D eigenvalue weighted by Gasteiger charge is 2.30. The summed E-state index contributed by atoms with van der Waals surface area (Å²) in [5.74, 6) is 0.365. The molecule has 4 aliphatic rings. The van der Waals surface area contributed by atoms with Crippen LogP contribution < -0.4 is 4.90 Å². The van der Waals surface area contributed by atoms with Crippen LogP contribution in [0.2, 0.25) is 0 Å². The molecule has 2 amide bonds. The third-order valence-electron chi connectivity index (χ3n) is 7.77. The minimum atomic E-state index is 0.0849. The Labute approximate surface area is 197 Å². The number of hydrogen-bond acceptors (Lipinski definition) is 6. The zero-order valence-electron chi connectivity index (χ0n) is 19.7. The molecule has 1 aliphatic carbocycles. The van der Waals surface area contributed by atoms with E-state index in [9.17, 15) is 9.59 Å². The summed E-state index contributed by atoms with van der Waals surface area (Å²) in [6.45, 7) is 10.5. The van der Waals surface area contributed by atoms with Gasteiger partial charge in [0.25, 0.3) is 5.91 Å². The maximum absolute atomic E-state index is 12.8. The van der Waals surface area contributed by atoms with Crippen LogP contribution in [-0.4, -0.2) is 123 Å². The second kappa shape index (κ2) is 10.4. The van der Waals surface area contributed by atoms with Crippen molar-refractivity contribution in [3.05, 3.63) is 29.8 Å². The maximum atomic E-state index is 12.8. The van der Waals surface area contributed by atoms with Crippen LogP contribution in [0.4, 0.5) is 5.69 Å². The van der Waals surface area contributed by atoms with E-state index in [0.717, 1.165) is 69.7 Å². The quantitative estimate of drug-likeness (QED) is 0.660. The van der Waals surface area contributed by atoms with Gasteiger partial charge in [-0.15, -0.1) is 0 Å². The molecule has 4 fully saturated rings. The number of carbonyl (C=O) groups is 2. The molecule has 0 atom stereocenters. The molecule has 5 rings (SSSR count). The Bertz CT molecular complexity index is 806. The van der Waals surface area contributed by atoms with Crippen molar-refractivity contribution in [1.29, 1.82) is 0 Å². The van der Waals surface area contributed by atoms with Gasteiger partial charge in [0, 0.05) is 82.7 Å². The van der Waals surface area contributed by atoms with Crippen LogP contribution in [0.3, 0.4) is 0 Å². The average Bonchev–Trinajstić information content (AvgIpc) is 2.84. The molecular formula is C25H37N5O3. The molecule has 0 spiro atoms. The zero-order valence-corrected chi connectivity index (χ0v) is 19.7.